The molecule has 0 saturated carbocycles. The number of likely N-dealkylation sites (N-methyl/N-ethyl adjacent to an activating group) is 1. The minimum atomic E-state index is -0.491. The maximum absolute atomic E-state index is 12.7. The standard InChI is InChI=1S/C17H16BrNO/c1-17(11-12-7-3-5-9-14(12)18)13-8-4-6-10-15(13)19(2)16(17)20/h3-10H,11H2,1-2H3/t17-/m0/s1. The third kappa shape index (κ3) is 1.88. The van der Waals surface area contributed by atoms with Crippen LogP contribution in [0.5, 0.6) is 0 Å². The van der Waals surface area contributed by atoms with E-state index < -0.39 is 5.41 Å². The van der Waals surface area contributed by atoms with E-state index in [4.69, 9.17) is 0 Å². The van der Waals surface area contributed by atoms with Crippen LogP contribution in [0.1, 0.15) is 18.1 Å². The molecule has 0 fully saturated rings. The third-order valence-corrected chi connectivity index (χ3v) is 4.91. The molecule has 0 saturated heterocycles. The molecule has 2 nitrogen and oxygen atoms in total. The first kappa shape index (κ1) is 13.4. The van der Waals surface area contributed by atoms with E-state index in [9.17, 15) is 4.79 Å². The highest BCUT2D eigenvalue weighted by Gasteiger charge is 2.45. The zero-order valence-electron chi connectivity index (χ0n) is 11.6. The Morgan fingerprint density at radius 1 is 1.10 bits per heavy atom. The Morgan fingerprint density at radius 3 is 2.50 bits per heavy atom. The number of benzene rings is 2. The summed E-state index contributed by atoms with van der Waals surface area (Å²) in [4.78, 5) is 14.5. The van der Waals surface area contributed by atoms with Crippen LogP contribution >= 0.6 is 15.9 Å². The molecule has 1 aliphatic heterocycles. The van der Waals surface area contributed by atoms with Crippen molar-refractivity contribution in [1.82, 2.24) is 0 Å². The van der Waals surface area contributed by atoms with Crippen molar-refractivity contribution in [3.8, 4) is 0 Å². The fourth-order valence-corrected chi connectivity index (χ4v) is 3.45. The highest BCUT2D eigenvalue weighted by atomic mass is 79.9. The number of anilines is 1. The number of carbonyl (C=O) groups excluding carboxylic acids is 1. The van der Waals surface area contributed by atoms with Crippen molar-refractivity contribution < 1.29 is 4.79 Å². The minimum absolute atomic E-state index is 0.162. The van der Waals surface area contributed by atoms with Crippen molar-refractivity contribution in [2.45, 2.75) is 18.8 Å². The first-order valence-corrected chi connectivity index (χ1v) is 7.44. The normalized spacial score (nSPS) is 21.1. The van der Waals surface area contributed by atoms with Gasteiger partial charge in [0.2, 0.25) is 5.91 Å². The maximum Gasteiger partial charge on any atom is 0.237 e. The van der Waals surface area contributed by atoms with Gasteiger partial charge in [-0.25, -0.2) is 0 Å². The van der Waals surface area contributed by atoms with E-state index in [2.05, 4.69) is 28.1 Å². The van der Waals surface area contributed by atoms with Crippen molar-refractivity contribution in [1.29, 1.82) is 0 Å². The highest BCUT2D eigenvalue weighted by Crippen LogP contribution is 2.43. The molecule has 0 aromatic heterocycles. The molecule has 1 amide bonds. The predicted octanol–water partition coefficient (Wildman–Crippen LogP) is 3.93. The first-order chi connectivity index (χ1) is 9.54. The van der Waals surface area contributed by atoms with Crippen LogP contribution in [0.25, 0.3) is 0 Å². The van der Waals surface area contributed by atoms with Gasteiger partial charge in [-0.2, -0.15) is 0 Å². The summed E-state index contributed by atoms with van der Waals surface area (Å²) in [6.45, 7) is 2.04. The average molecular weight is 330 g/mol. The van der Waals surface area contributed by atoms with E-state index in [1.54, 1.807) is 4.90 Å². The second kappa shape index (κ2) is 4.74. The molecule has 2 aromatic rings. The Labute approximate surface area is 127 Å². The van der Waals surface area contributed by atoms with Crippen molar-refractivity contribution >= 4 is 27.5 Å². The molecule has 20 heavy (non-hydrogen) atoms. The molecule has 1 aliphatic rings. The molecule has 0 unspecified atom stereocenters. The van der Waals surface area contributed by atoms with Crippen LogP contribution in [0.3, 0.4) is 0 Å². The Morgan fingerprint density at radius 2 is 1.75 bits per heavy atom. The number of para-hydroxylation sites is 1. The number of nitrogens with zero attached hydrogens (tertiary/aromatic N) is 1. The molecule has 3 rings (SSSR count). The molecule has 0 radical (unpaired) electrons. The second-order valence-corrected chi connectivity index (χ2v) is 6.34. The molecular weight excluding hydrogens is 314 g/mol. The summed E-state index contributed by atoms with van der Waals surface area (Å²) in [7, 11) is 1.85. The van der Waals surface area contributed by atoms with Crippen LogP contribution in [-0.4, -0.2) is 13.0 Å². The number of fused-ring (bicyclic) bond motifs is 1. The lowest BCUT2D eigenvalue weighted by Crippen LogP contribution is -2.37. The van der Waals surface area contributed by atoms with Crippen LogP contribution in [0, 0.1) is 0 Å². The molecule has 1 heterocycles. The monoisotopic (exact) mass is 329 g/mol. The van der Waals surface area contributed by atoms with Gasteiger partial charge in [0.15, 0.2) is 0 Å². The van der Waals surface area contributed by atoms with Gasteiger partial charge in [0.1, 0.15) is 0 Å². The molecule has 0 aliphatic carbocycles. The number of carbonyl (C=O) groups is 1. The lowest BCUT2D eigenvalue weighted by molar-refractivity contribution is -0.122. The van der Waals surface area contributed by atoms with Crippen molar-refractivity contribution in [2.24, 2.45) is 0 Å². The zero-order chi connectivity index (χ0) is 14.3. The van der Waals surface area contributed by atoms with Crippen LogP contribution in [-0.2, 0) is 16.6 Å². The smallest absolute Gasteiger partial charge is 0.237 e. The number of amides is 1. The van der Waals surface area contributed by atoms with Gasteiger partial charge in [0.05, 0.1) is 5.41 Å². The minimum Gasteiger partial charge on any atom is -0.314 e. The van der Waals surface area contributed by atoms with E-state index in [1.165, 1.54) is 0 Å². The number of rotatable bonds is 2. The fraction of sp³-hybridized carbons (Fsp3) is 0.235. The lowest BCUT2D eigenvalue weighted by Gasteiger charge is -2.24. The molecular formula is C17H16BrNO. The van der Waals surface area contributed by atoms with Gasteiger partial charge >= 0.3 is 0 Å². The fourth-order valence-electron chi connectivity index (χ4n) is 3.02. The van der Waals surface area contributed by atoms with Crippen molar-refractivity contribution in [3.05, 3.63) is 64.1 Å². The van der Waals surface area contributed by atoms with E-state index >= 15 is 0 Å². The van der Waals surface area contributed by atoms with Crippen molar-refractivity contribution in [3.63, 3.8) is 0 Å². The van der Waals surface area contributed by atoms with Gasteiger partial charge in [0.25, 0.3) is 0 Å². The summed E-state index contributed by atoms with van der Waals surface area (Å²) in [5.74, 6) is 0.162. The van der Waals surface area contributed by atoms with E-state index in [0.29, 0.717) is 6.42 Å². The van der Waals surface area contributed by atoms with Crippen LogP contribution in [0.4, 0.5) is 5.69 Å². The average Bonchev–Trinajstić information content (AvgIpc) is 2.65. The van der Waals surface area contributed by atoms with Gasteiger partial charge < -0.3 is 4.90 Å². The summed E-state index contributed by atoms with van der Waals surface area (Å²) in [5.41, 5.74) is 2.80. The number of hydrogen-bond donors (Lipinski definition) is 0. The molecule has 102 valence electrons. The number of hydrogen-bond acceptors (Lipinski definition) is 1. The first-order valence-electron chi connectivity index (χ1n) is 6.65. The zero-order valence-corrected chi connectivity index (χ0v) is 13.1. The van der Waals surface area contributed by atoms with Crippen LogP contribution in [0.15, 0.2) is 53.0 Å². The van der Waals surface area contributed by atoms with Crippen LogP contribution < -0.4 is 4.90 Å². The summed E-state index contributed by atoms with van der Waals surface area (Å²) in [6.07, 6.45) is 0.703. The van der Waals surface area contributed by atoms with Gasteiger partial charge in [-0.15, -0.1) is 0 Å². The van der Waals surface area contributed by atoms with E-state index in [-0.39, 0.29) is 5.91 Å². The summed E-state index contributed by atoms with van der Waals surface area (Å²) < 4.78 is 1.06. The van der Waals surface area contributed by atoms with Gasteiger partial charge in [-0.3, -0.25) is 4.79 Å². The second-order valence-electron chi connectivity index (χ2n) is 5.48. The van der Waals surface area contributed by atoms with Gasteiger partial charge in [0, 0.05) is 17.2 Å². The molecule has 3 heteroatoms. The number of halogens is 1. The largest absolute Gasteiger partial charge is 0.314 e. The molecule has 1 atom stereocenters. The van der Waals surface area contributed by atoms with E-state index in [0.717, 1.165) is 21.3 Å². The molecule has 2 aromatic carbocycles. The predicted molar refractivity (Wildman–Crippen MR) is 85.1 cm³/mol. The molecule has 0 spiro atoms. The SMILES string of the molecule is CN1C(=O)[C@@](C)(Cc2ccccc2Br)c2ccccc21. The molecule has 0 bridgehead atoms. The topological polar surface area (TPSA) is 20.3 Å². The quantitative estimate of drug-likeness (QED) is 0.817. The highest BCUT2D eigenvalue weighted by molar-refractivity contribution is 9.10. The third-order valence-electron chi connectivity index (χ3n) is 4.14. The molecule has 0 N–H and O–H groups in total. The maximum atomic E-state index is 12.7. The Kier molecular flexibility index (Phi) is 3.17. The summed E-state index contributed by atoms with van der Waals surface area (Å²) >= 11 is 3.58. The Balaban J connectivity index is 2.08. The van der Waals surface area contributed by atoms with Crippen molar-refractivity contribution in [2.75, 3.05) is 11.9 Å². The van der Waals surface area contributed by atoms with Gasteiger partial charge in [-0.05, 0) is 36.6 Å². The lowest BCUT2D eigenvalue weighted by atomic mass is 9.78. The summed E-state index contributed by atoms with van der Waals surface area (Å²) in [6, 6.07) is 16.2. The summed E-state index contributed by atoms with van der Waals surface area (Å²) in [5, 5.41) is 0. The van der Waals surface area contributed by atoms with E-state index in [1.807, 2.05) is 50.4 Å². The Bertz CT molecular complexity index is 682. The van der Waals surface area contributed by atoms with Crippen LogP contribution in [0.2, 0.25) is 0 Å². The van der Waals surface area contributed by atoms with Gasteiger partial charge in [-0.1, -0.05) is 52.3 Å². The Hall–Kier alpha value is -1.61.